The standard InChI is InChI=1S/C26H24Cl2N4O3S/c1-16-7-9-19(10-8-16)15-35-25-22(27)12-20(13-23(25)28)24(14-31(33)34)36-26-30-29-18(3)32(26)21-6-4-5-17(2)11-21/h4-13,24H,14-15H2,1-3H3/t24-/m0/s1. The molecule has 10 heteroatoms. The third-order valence-electron chi connectivity index (χ3n) is 5.51. The Kier molecular flexibility index (Phi) is 8.18. The summed E-state index contributed by atoms with van der Waals surface area (Å²) in [4.78, 5) is 11.2. The number of thioether (sulfide) groups is 1. The fourth-order valence-electron chi connectivity index (χ4n) is 3.70. The number of benzene rings is 3. The van der Waals surface area contributed by atoms with E-state index in [1.807, 2.05) is 73.9 Å². The van der Waals surface area contributed by atoms with E-state index in [-0.39, 0.29) is 21.5 Å². The second-order valence-corrected chi connectivity index (χ2v) is 10.4. The summed E-state index contributed by atoms with van der Waals surface area (Å²) < 4.78 is 7.77. The molecule has 0 aliphatic rings. The van der Waals surface area contributed by atoms with Gasteiger partial charge in [-0.05, 0) is 61.7 Å². The molecule has 36 heavy (non-hydrogen) atoms. The summed E-state index contributed by atoms with van der Waals surface area (Å²) in [6.45, 7) is 5.81. The molecule has 1 heterocycles. The minimum absolute atomic E-state index is 0.287. The number of hydrogen-bond donors (Lipinski definition) is 0. The molecule has 0 aliphatic heterocycles. The van der Waals surface area contributed by atoms with E-state index in [2.05, 4.69) is 10.2 Å². The molecular weight excluding hydrogens is 519 g/mol. The Morgan fingerprint density at radius 3 is 2.33 bits per heavy atom. The van der Waals surface area contributed by atoms with Crippen LogP contribution in [0.4, 0.5) is 0 Å². The number of halogens is 2. The van der Waals surface area contributed by atoms with E-state index in [0.29, 0.717) is 28.9 Å². The zero-order chi connectivity index (χ0) is 25.8. The van der Waals surface area contributed by atoms with Crippen LogP contribution < -0.4 is 4.74 Å². The molecule has 1 atom stereocenters. The SMILES string of the molecule is Cc1ccc(COc2c(Cl)cc([C@H](C[N+](=O)[O-])Sc3nnc(C)n3-c3cccc(C)c3)cc2Cl)cc1. The number of ether oxygens (including phenoxy) is 1. The van der Waals surface area contributed by atoms with E-state index in [4.69, 9.17) is 27.9 Å². The predicted molar refractivity (Wildman–Crippen MR) is 143 cm³/mol. The molecule has 4 rings (SSSR count). The van der Waals surface area contributed by atoms with Gasteiger partial charge in [0.05, 0.1) is 10.0 Å². The van der Waals surface area contributed by atoms with Gasteiger partial charge in [-0.2, -0.15) is 0 Å². The van der Waals surface area contributed by atoms with Crippen molar-refractivity contribution in [3.05, 3.63) is 109 Å². The van der Waals surface area contributed by atoms with Crippen LogP contribution in [0.5, 0.6) is 5.75 Å². The molecule has 0 fully saturated rings. The van der Waals surface area contributed by atoms with Crippen molar-refractivity contribution in [3.63, 3.8) is 0 Å². The van der Waals surface area contributed by atoms with Crippen LogP contribution in [-0.4, -0.2) is 26.2 Å². The molecule has 7 nitrogen and oxygen atoms in total. The largest absolute Gasteiger partial charge is 0.486 e. The molecule has 0 N–H and O–H groups in total. The normalized spacial score (nSPS) is 11.9. The van der Waals surface area contributed by atoms with Crippen LogP contribution in [0.1, 0.15) is 33.3 Å². The highest BCUT2D eigenvalue weighted by Crippen LogP contribution is 2.42. The lowest BCUT2D eigenvalue weighted by Gasteiger charge is -2.17. The average molecular weight is 543 g/mol. The van der Waals surface area contributed by atoms with Gasteiger partial charge in [-0.3, -0.25) is 14.7 Å². The summed E-state index contributed by atoms with van der Waals surface area (Å²) in [5.74, 6) is 1.02. The molecule has 0 spiro atoms. The number of hydrogen-bond acceptors (Lipinski definition) is 6. The monoisotopic (exact) mass is 542 g/mol. The third-order valence-corrected chi connectivity index (χ3v) is 7.26. The van der Waals surface area contributed by atoms with Crippen molar-refractivity contribution in [2.45, 2.75) is 37.8 Å². The maximum Gasteiger partial charge on any atom is 0.220 e. The molecule has 0 radical (unpaired) electrons. The van der Waals surface area contributed by atoms with Crippen LogP contribution in [0, 0.1) is 30.9 Å². The second kappa shape index (κ2) is 11.3. The topological polar surface area (TPSA) is 83.1 Å². The Balaban J connectivity index is 1.62. The van der Waals surface area contributed by atoms with Gasteiger partial charge in [0.2, 0.25) is 6.54 Å². The zero-order valence-electron chi connectivity index (χ0n) is 19.9. The van der Waals surface area contributed by atoms with Crippen molar-refractivity contribution >= 4 is 35.0 Å². The van der Waals surface area contributed by atoms with Crippen LogP contribution in [0.15, 0.2) is 65.8 Å². The van der Waals surface area contributed by atoms with Gasteiger partial charge in [-0.25, -0.2) is 0 Å². The van der Waals surface area contributed by atoms with Gasteiger partial charge >= 0.3 is 0 Å². The fraction of sp³-hybridized carbons (Fsp3) is 0.231. The Morgan fingerprint density at radius 1 is 1.00 bits per heavy atom. The summed E-state index contributed by atoms with van der Waals surface area (Å²) in [5, 5.41) is 20.6. The Labute approximate surface area is 223 Å². The molecule has 0 saturated carbocycles. The summed E-state index contributed by atoms with van der Waals surface area (Å²) in [6, 6.07) is 19.2. The number of aryl methyl sites for hydroxylation is 3. The van der Waals surface area contributed by atoms with Gasteiger partial charge in [0.25, 0.3) is 0 Å². The molecule has 3 aromatic carbocycles. The van der Waals surface area contributed by atoms with E-state index >= 15 is 0 Å². The molecular formula is C26H24Cl2N4O3S. The minimum Gasteiger partial charge on any atom is -0.486 e. The summed E-state index contributed by atoms with van der Waals surface area (Å²) in [6.07, 6.45) is 0. The first-order valence-corrected chi connectivity index (χ1v) is 12.8. The van der Waals surface area contributed by atoms with E-state index in [1.54, 1.807) is 12.1 Å². The van der Waals surface area contributed by atoms with Gasteiger partial charge < -0.3 is 4.74 Å². The van der Waals surface area contributed by atoms with Crippen LogP contribution in [-0.2, 0) is 6.61 Å². The van der Waals surface area contributed by atoms with Gasteiger partial charge in [0, 0.05) is 10.6 Å². The number of nitrogens with zero attached hydrogens (tertiary/aromatic N) is 4. The van der Waals surface area contributed by atoms with Crippen LogP contribution in [0.3, 0.4) is 0 Å². The van der Waals surface area contributed by atoms with Gasteiger partial charge in [0.1, 0.15) is 17.7 Å². The summed E-state index contributed by atoms with van der Waals surface area (Å²) in [7, 11) is 0. The van der Waals surface area contributed by atoms with Crippen molar-refractivity contribution < 1.29 is 9.66 Å². The van der Waals surface area contributed by atoms with Crippen LogP contribution in [0.2, 0.25) is 10.0 Å². The Morgan fingerprint density at radius 2 is 1.69 bits per heavy atom. The first-order chi connectivity index (χ1) is 17.2. The highest BCUT2D eigenvalue weighted by molar-refractivity contribution is 7.99. The summed E-state index contributed by atoms with van der Waals surface area (Å²) in [5.41, 5.74) is 4.70. The predicted octanol–water partition coefficient (Wildman–Crippen LogP) is 7.19. The lowest BCUT2D eigenvalue weighted by atomic mass is 10.1. The maximum atomic E-state index is 11.6. The van der Waals surface area contributed by atoms with E-state index in [1.165, 1.54) is 11.8 Å². The molecule has 0 amide bonds. The molecule has 0 bridgehead atoms. The van der Waals surface area contributed by atoms with Gasteiger partial charge in [0.15, 0.2) is 10.9 Å². The number of aromatic nitrogens is 3. The lowest BCUT2D eigenvalue weighted by Crippen LogP contribution is -2.11. The van der Waals surface area contributed by atoms with Crippen molar-refractivity contribution in [3.8, 4) is 11.4 Å². The molecule has 1 aromatic heterocycles. The molecule has 186 valence electrons. The van der Waals surface area contributed by atoms with Crippen LogP contribution in [0.25, 0.3) is 5.69 Å². The van der Waals surface area contributed by atoms with Crippen molar-refractivity contribution in [2.75, 3.05) is 6.54 Å². The Bertz CT molecular complexity index is 1370. The quantitative estimate of drug-likeness (QED) is 0.126. The average Bonchev–Trinajstić information content (AvgIpc) is 3.18. The summed E-state index contributed by atoms with van der Waals surface area (Å²) >= 11 is 14.3. The molecule has 0 unspecified atom stereocenters. The maximum absolute atomic E-state index is 11.6. The van der Waals surface area contributed by atoms with Crippen molar-refractivity contribution in [1.29, 1.82) is 0 Å². The number of rotatable bonds is 9. The zero-order valence-corrected chi connectivity index (χ0v) is 22.3. The molecule has 0 aliphatic carbocycles. The highest BCUT2D eigenvalue weighted by atomic mass is 35.5. The minimum atomic E-state index is -0.603. The van der Waals surface area contributed by atoms with Gasteiger partial charge in [-0.15, -0.1) is 10.2 Å². The first-order valence-electron chi connectivity index (χ1n) is 11.2. The fourth-order valence-corrected chi connectivity index (χ4v) is 5.47. The van der Waals surface area contributed by atoms with E-state index in [9.17, 15) is 10.1 Å². The first kappa shape index (κ1) is 26.0. The van der Waals surface area contributed by atoms with Crippen molar-refractivity contribution in [1.82, 2.24) is 14.8 Å². The second-order valence-electron chi connectivity index (χ2n) is 8.41. The number of nitro groups is 1. The van der Waals surface area contributed by atoms with Crippen LogP contribution >= 0.6 is 35.0 Å². The highest BCUT2D eigenvalue weighted by Gasteiger charge is 2.26. The molecule has 4 aromatic rings. The van der Waals surface area contributed by atoms with E-state index in [0.717, 1.165) is 22.4 Å². The van der Waals surface area contributed by atoms with Crippen molar-refractivity contribution in [2.24, 2.45) is 0 Å². The van der Waals surface area contributed by atoms with E-state index < -0.39 is 5.25 Å². The van der Waals surface area contributed by atoms with Gasteiger partial charge in [-0.1, -0.05) is 76.9 Å². The lowest BCUT2D eigenvalue weighted by molar-refractivity contribution is -0.479. The Hall–Kier alpha value is -3.07. The smallest absolute Gasteiger partial charge is 0.220 e. The molecule has 0 saturated heterocycles. The third kappa shape index (κ3) is 6.19.